The Labute approximate surface area is 137 Å². The Balaban J connectivity index is 1.72. The lowest BCUT2D eigenvalue weighted by Crippen LogP contribution is -2.34. The third kappa shape index (κ3) is 3.82. The minimum atomic E-state index is -4.39. The zero-order valence-electron chi connectivity index (χ0n) is 13.0. The molecular weight excluding hydrogens is 321 g/mol. The lowest BCUT2D eigenvalue weighted by Gasteiger charge is -2.24. The van der Waals surface area contributed by atoms with Crippen LogP contribution in [0.4, 0.5) is 24.7 Å². The van der Waals surface area contributed by atoms with E-state index in [4.69, 9.17) is 4.74 Å². The highest BCUT2D eigenvalue weighted by Gasteiger charge is 2.30. The molecule has 1 aliphatic heterocycles. The van der Waals surface area contributed by atoms with E-state index >= 15 is 0 Å². The summed E-state index contributed by atoms with van der Waals surface area (Å²) < 4.78 is 43.3. The second kappa shape index (κ2) is 6.74. The van der Waals surface area contributed by atoms with Gasteiger partial charge in [-0.15, -0.1) is 0 Å². The average Bonchev–Trinajstić information content (AvgIpc) is 2.55. The number of alkyl halides is 3. The summed E-state index contributed by atoms with van der Waals surface area (Å²) in [5.74, 6) is 0.326. The summed E-state index contributed by atoms with van der Waals surface area (Å²) in [6.45, 7) is 4.10. The zero-order chi connectivity index (χ0) is 17.2. The van der Waals surface area contributed by atoms with E-state index in [9.17, 15) is 13.2 Å². The molecule has 1 fully saturated rings. The van der Waals surface area contributed by atoms with Crippen LogP contribution in [0.1, 0.15) is 22.9 Å². The zero-order valence-corrected chi connectivity index (χ0v) is 13.0. The molecule has 0 aliphatic carbocycles. The first-order valence-electron chi connectivity index (χ1n) is 7.52. The van der Waals surface area contributed by atoms with Gasteiger partial charge in [0.2, 0.25) is 0 Å². The van der Waals surface area contributed by atoms with Gasteiger partial charge in [-0.3, -0.25) is 4.98 Å². The summed E-state index contributed by atoms with van der Waals surface area (Å²) in [5, 5.41) is 6.21. The van der Waals surface area contributed by atoms with E-state index in [-0.39, 0.29) is 6.10 Å². The van der Waals surface area contributed by atoms with E-state index in [1.54, 1.807) is 6.20 Å². The van der Waals surface area contributed by atoms with Gasteiger partial charge in [0.25, 0.3) is 0 Å². The van der Waals surface area contributed by atoms with E-state index in [1.807, 2.05) is 13.0 Å². The van der Waals surface area contributed by atoms with Crippen molar-refractivity contribution in [2.75, 3.05) is 25.0 Å². The largest absolute Gasteiger partial charge is 0.417 e. The number of anilines is 2. The fraction of sp³-hybridized carbons (Fsp3) is 0.375. The van der Waals surface area contributed by atoms with Gasteiger partial charge in [-0.05, 0) is 30.7 Å². The van der Waals surface area contributed by atoms with Crippen molar-refractivity contribution in [2.24, 2.45) is 0 Å². The number of nitrogens with zero attached hydrogens (tertiary/aromatic N) is 2. The van der Waals surface area contributed by atoms with Crippen molar-refractivity contribution in [2.45, 2.75) is 19.2 Å². The number of pyridine rings is 2. The minimum absolute atomic E-state index is 0.0861. The molecule has 5 nitrogen and oxygen atoms in total. The van der Waals surface area contributed by atoms with Crippen LogP contribution >= 0.6 is 0 Å². The fourth-order valence-electron chi connectivity index (χ4n) is 2.52. The smallest absolute Gasteiger partial charge is 0.369 e. The molecule has 0 radical (unpaired) electrons. The van der Waals surface area contributed by atoms with E-state index in [0.29, 0.717) is 24.7 Å². The van der Waals surface area contributed by atoms with Crippen LogP contribution in [-0.4, -0.2) is 29.7 Å². The van der Waals surface area contributed by atoms with E-state index in [1.165, 1.54) is 6.07 Å². The Morgan fingerprint density at radius 1 is 1.25 bits per heavy atom. The number of aryl methyl sites for hydroxylation is 1. The lowest BCUT2D eigenvalue weighted by atomic mass is 10.1. The quantitative estimate of drug-likeness (QED) is 0.900. The number of ether oxygens (including phenoxy) is 1. The maximum absolute atomic E-state index is 12.5. The maximum Gasteiger partial charge on any atom is 0.417 e. The first-order chi connectivity index (χ1) is 11.4. The highest BCUT2D eigenvalue weighted by Crippen LogP contribution is 2.29. The van der Waals surface area contributed by atoms with Gasteiger partial charge in [-0.2, -0.15) is 13.2 Å². The van der Waals surface area contributed by atoms with Crippen molar-refractivity contribution in [3.63, 3.8) is 0 Å². The molecule has 0 spiro atoms. The molecule has 24 heavy (non-hydrogen) atoms. The van der Waals surface area contributed by atoms with E-state index < -0.39 is 11.7 Å². The third-order valence-corrected chi connectivity index (χ3v) is 3.71. The summed E-state index contributed by atoms with van der Waals surface area (Å²) in [7, 11) is 0. The number of halogens is 3. The number of hydrogen-bond acceptors (Lipinski definition) is 5. The van der Waals surface area contributed by atoms with Gasteiger partial charge in [0, 0.05) is 19.3 Å². The molecule has 2 aromatic heterocycles. The topological polar surface area (TPSA) is 59.1 Å². The molecule has 0 bridgehead atoms. The van der Waals surface area contributed by atoms with Crippen molar-refractivity contribution < 1.29 is 17.9 Å². The normalized spacial score (nSPS) is 18.4. The summed E-state index contributed by atoms with van der Waals surface area (Å²) in [6.07, 6.45) is -2.05. The van der Waals surface area contributed by atoms with Gasteiger partial charge in [0.05, 0.1) is 29.7 Å². The lowest BCUT2D eigenvalue weighted by molar-refractivity contribution is -0.137. The van der Waals surface area contributed by atoms with Crippen LogP contribution in [-0.2, 0) is 10.9 Å². The molecule has 8 heteroatoms. The number of rotatable bonds is 3. The number of nitrogens with one attached hydrogen (secondary N) is 2. The maximum atomic E-state index is 12.5. The molecule has 3 heterocycles. The van der Waals surface area contributed by atoms with Gasteiger partial charge < -0.3 is 15.4 Å². The highest BCUT2D eigenvalue weighted by atomic mass is 19.4. The Morgan fingerprint density at radius 2 is 2.08 bits per heavy atom. The van der Waals surface area contributed by atoms with Crippen molar-refractivity contribution >= 4 is 11.5 Å². The van der Waals surface area contributed by atoms with E-state index in [2.05, 4.69) is 20.6 Å². The van der Waals surface area contributed by atoms with Crippen molar-refractivity contribution in [1.82, 2.24) is 15.3 Å². The number of aromatic nitrogens is 2. The second-order valence-corrected chi connectivity index (χ2v) is 5.54. The molecule has 1 saturated heterocycles. The molecule has 0 amide bonds. The molecular formula is C16H17F3N4O. The Hall–Kier alpha value is -2.19. The number of morpholine rings is 1. The first-order valence-corrected chi connectivity index (χ1v) is 7.52. The summed E-state index contributed by atoms with van der Waals surface area (Å²) in [5.41, 5.74) is 1.68. The van der Waals surface area contributed by atoms with Crippen LogP contribution in [0.3, 0.4) is 0 Å². The van der Waals surface area contributed by atoms with Crippen LogP contribution in [0, 0.1) is 6.92 Å². The molecule has 0 saturated carbocycles. The molecule has 1 aliphatic rings. The average molecular weight is 338 g/mol. The minimum Gasteiger partial charge on any atom is -0.369 e. The molecule has 2 N–H and O–H groups in total. The monoisotopic (exact) mass is 338 g/mol. The summed E-state index contributed by atoms with van der Waals surface area (Å²) in [6, 6.07) is 4.16. The Bertz CT molecular complexity index is 697. The Kier molecular flexibility index (Phi) is 4.68. The third-order valence-electron chi connectivity index (χ3n) is 3.71. The van der Waals surface area contributed by atoms with Crippen LogP contribution in [0.15, 0.2) is 30.6 Å². The molecule has 3 rings (SSSR count). The predicted octanol–water partition coefficient (Wildman–Crippen LogP) is 3.21. The van der Waals surface area contributed by atoms with Crippen LogP contribution < -0.4 is 10.6 Å². The summed E-state index contributed by atoms with van der Waals surface area (Å²) >= 11 is 0. The standard InChI is InChI=1S/C16H17F3N4O/c1-10-6-12(8-22-15(10)13-9-20-4-5-24-13)23-14-3-2-11(7-21-14)16(17,18)19/h2-3,6-8,13,20H,4-5,9H2,1H3,(H,21,23)/t13-/m1/s1. The van der Waals surface area contributed by atoms with Crippen LogP contribution in [0.2, 0.25) is 0 Å². The summed E-state index contributed by atoms with van der Waals surface area (Å²) in [4.78, 5) is 8.21. The molecule has 0 aromatic carbocycles. The SMILES string of the molecule is Cc1cc(Nc2ccc(C(F)(F)F)cn2)cnc1[C@H]1CNCCO1. The van der Waals surface area contributed by atoms with Gasteiger partial charge in [0.1, 0.15) is 11.9 Å². The fourth-order valence-corrected chi connectivity index (χ4v) is 2.52. The molecule has 0 unspecified atom stereocenters. The van der Waals surface area contributed by atoms with Gasteiger partial charge >= 0.3 is 6.18 Å². The predicted molar refractivity (Wildman–Crippen MR) is 83.1 cm³/mol. The number of hydrogen-bond donors (Lipinski definition) is 2. The second-order valence-electron chi connectivity index (χ2n) is 5.54. The highest BCUT2D eigenvalue weighted by molar-refractivity contribution is 5.56. The molecule has 128 valence electrons. The Morgan fingerprint density at radius 3 is 2.67 bits per heavy atom. The molecule has 1 atom stereocenters. The van der Waals surface area contributed by atoms with E-state index in [0.717, 1.165) is 30.1 Å². The van der Waals surface area contributed by atoms with Gasteiger partial charge in [0.15, 0.2) is 0 Å². The van der Waals surface area contributed by atoms with Crippen molar-refractivity contribution in [3.05, 3.63) is 47.4 Å². The van der Waals surface area contributed by atoms with Crippen LogP contribution in [0.25, 0.3) is 0 Å². The van der Waals surface area contributed by atoms with Gasteiger partial charge in [-0.1, -0.05) is 0 Å². The van der Waals surface area contributed by atoms with Crippen LogP contribution in [0.5, 0.6) is 0 Å². The van der Waals surface area contributed by atoms with Gasteiger partial charge in [-0.25, -0.2) is 4.98 Å². The van der Waals surface area contributed by atoms with Crippen molar-refractivity contribution in [1.29, 1.82) is 0 Å². The molecule has 2 aromatic rings. The first kappa shape index (κ1) is 16.7. The van der Waals surface area contributed by atoms with Crippen molar-refractivity contribution in [3.8, 4) is 0 Å².